The average molecular weight is 294 g/mol. The second-order valence-corrected chi connectivity index (χ2v) is 6.18. The predicted octanol–water partition coefficient (Wildman–Crippen LogP) is 2.13. The van der Waals surface area contributed by atoms with Gasteiger partial charge in [0, 0.05) is 26.2 Å². The minimum Gasteiger partial charge on any atom is -0.486 e. The SMILES string of the molecule is CCN1CCN(c2sc(C#N)c(N)c2OC(C)C)CC1. The smallest absolute Gasteiger partial charge is 0.178 e. The van der Waals surface area contributed by atoms with E-state index in [1.54, 1.807) is 0 Å². The molecule has 0 aliphatic carbocycles. The van der Waals surface area contributed by atoms with Gasteiger partial charge < -0.3 is 20.3 Å². The molecule has 0 bridgehead atoms. The van der Waals surface area contributed by atoms with Crippen molar-refractivity contribution in [2.75, 3.05) is 43.4 Å². The van der Waals surface area contributed by atoms with Crippen molar-refractivity contribution in [2.24, 2.45) is 0 Å². The highest BCUT2D eigenvalue weighted by Crippen LogP contribution is 2.45. The van der Waals surface area contributed by atoms with Crippen LogP contribution in [0.25, 0.3) is 0 Å². The van der Waals surface area contributed by atoms with Crippen LogP contribution < -0.4 is 15.4 Å². The minimum atomic E-state index is 0.0501. The van der Waals surface area contributed by atoms with Gasteiger partial charge in [-0.1, -0.05) is 6.92 Å². The summed E-state index contributed by atoms with van der Waals surface area (Å²) in [4.78, 5) is 5.25. The molecule has 0 unspecified atom stereocenters. The summed E-state index contributed by atoms with van der Waals surface area (Å²) in [5.74, 6) is 0.687. The molecule has 5 nitrogen and oxygen atoms in total. The molecule has 1 aromatic heterocycles. The lowest BCUT2D eigenvalue weighted by molar-refractivity contribution is 0.242. The van der Waals surface area contributed by atoms with E-state index in [0.29, 0.717) is 16.3 Å². The van der Waals surface area contributed by atoms with Crippen molar-refractivity contribution >= 4 is 22.0 Å². The zero-order valence-electron chi connectivity index (χ0n) is 12.3. The molecule has 0 radical (unpaired) electrons. The van der Waals surface area contributed by atoms with Crippen LogP contribution >= 0.6 is 11.3 Å². The Morgan fingerprint density at radius 1 is 1.35 bits per heavy atom. The van der Waals surface area contributed by atoms with Gasteiger partial charge in [-0.25, -0.2) is 0 Å². The Morgan fingerprint density at radius 3 is 2.50 bits per heavy atom. The third kappa shape index (κ3) is 3.00. The van der Waals surface area contributed by atoms with Crippen LogP contribution in [-0.2, 0) is 0 Å². The van der Waals surface area contributed by atoms with Crippen molar-refractivity contribution in [2.45, 2.75) is 26.9 Å². The van der Waals surface area contributed by atoms with Gasteiger partial charge in [-0.15, -0.1) is 11.3 Å². The summed E-state index contributed by atoms with van der Waals surface area (Å²) in [6.07, 6.45) is 0.0501. The molecule has 20 heavy (non-hydrogen) atoms. The number of hydrogen-bond donors (Lipinski definition) is 1. The lowest BCUT2D eigenvalue weighted by atomic mass is 10.3. The van der Waals surface area contributed by atoms with E-state index in [4.69, 9.17) is 15.7 Å². The van der Waals surface area contributed by atoms with Gasteiger partial charge in [0.15, 0.2) is 5.75 Å². The molecule has 0 amide bonds. The number of nitriles is 1. The van der Waals surface area contributed by atoms with E-state index in [-0.39, 0.29) is 6.10 Å². The number of thiophene rings is 1. The van der Waals surface area contributed by atoms with Crippen molar-refractivity contribution in [1.82, 2.24) is 4.90 Å². The monoisotopic (exact) mass is 294 g/mol. The minimum absolute atomic E-state index is 0.0501. The summed E-state index contributed by atoms with van der Waals surface area (Å²) in [5, 5.41) is 10.2. The van der Waals surface area contributed by atoms with Crippen LogP contribution in [0.4, 0.5) is 10.7 Å². The van der Waals surface area contributed by atoms with Crippen LogP contribution in [-0.4, -0.2) is 43.7 Å². The predicted molar refractivity (Wildman–Crippen MR) is 83.5 cm³/mol. The average Bonchev–Trinajstić information content (AvgIpc) is 2.75. The normalized spacial score (nSPS) is 16.4. The first kappa shape index (κ1) is 14.9. The van der Waals surface area contributed by atoms with Gasteiger partial charge in [0.2, 0.25) is 0 Å². The molecular formula is C14H22N4OS. The van der Waals surface area contributed by atoms with Crippen LogP contribution in [0.5, 0.6) is 5.75 Å². The number of nitrogens with zero attached hydrogens (tertiary/aromatic N) is 3. The first-order chi connectivity index (χ1) is 9.56. The molecule has 110 valence electrons. The Bertz CT molecular complexity index is 498. The molecule has 0 spiro atoms. The summed E-state index contributed by atoms with van der Waals surface area (Å²) in [5.41, 5.74) is 6.53. The van der Waals surface area contributed by atoms with Crippen LogP contribution in [0.2, 0.25) is 0 Å². The lowest BCUT2D eigenvalue weighted by Crippen LogP contribution is -2.46. The summed E-state index contributed by atoms with van der Waals surface area (Å²) in [6, 6.07) is 2.16. The summed E-state index contributed by atoms with van der Waals surface area (Å²) in [6.45, 7) is 11.2. The third-order valence-corrected chi connectivity index (χ3v) is 4.60. The van der Waals surface area contributed by atoms with Gasteiger partial charge >= 0.3 is 0 Å². The number of nitrogens with two attached hydrogens (primary N) is 1. The molecule has 0 aromatic carbocycles. The van der Waals surface area contributed by atoms with E-state index in [2.05, 4.69) is 22.8 Å². The number of nitrogen functional groups attached to an aromatic ring is 1. The molecule has 0 saturated carbocycles. The molecule has 1 aliphatic heterocycles. The highest BCUT2D eigenvalue weighted by molar-refractivity contribution is 7.17. The quantitative estimate of drug-likeness (QED) is 0.921. The van der Waals surface area contributed by atoms with Crippen molar-refractivity contribution in [3.05, 3.63) is 4.88 Å². The van der Waals surface area contributed by atoms with Gasteiger partial charge in [-0.3, -0.25) is 0 Å². The van der Waals surface area contributed by atoms with E-state index in [0.717, 1.165) is 37.7 Å². The second kappa shape index (κ2) is 6.33. The first-order valence-corrected chi connectivity index (χ1v) is 7.84. The van der Waals surface area contributed by atoms with Gasteiger partial charge in [-0.2, -0.15) is 5.26 Å². The van der Waals surface area contributed by atoms with Crippen LogP contribution in [0.3, 0.4) is 0 Å². The zero-order valence-corrected chi connectivity index (χ0v) is 13.2. The van der Waals surface area contributed by atoms with Gasteiger partial charge in [0.05, 0.1) is 6.10 Å². The standard InChI is InChI=1S/C14H22N4OS/c1-4-17-5-7-18(8-6-17)14-13(19-10(2)3)12(16)11(9-15)20-14/h10H,4-8,16H2,1-3H3. The van der Waals surface area contributed by atoms with Crippen LogP contribution in [0.1, 0.15) is 25.6 Å². The summed E-state index contributed by atoms with van der Waals surface area (Å²) < 4.78 is 5.84. The number of ether oxygens (including phenoxy) is 1. The van der Waals surface area contributed by atoms with E-state index >= 15 is 0 Å². The van der Waals surface area contributed by atoms with Crippen LogP contribution in [0, 0.1) is 11.3 Å². The fourth-order valence-electron chi connectivity index (χ4n) is 2.32. The van der Waals surface area contributed by atoms with Gasteiger partial charge in [0.1, 0.15) is 21.6 Å². The maximum atomic E-state index is 9.17. The Hall–Kier alpha value is -1.45. The topological polar surface area (TPSA) is 65.5 Å². The Morgan fingerprint density at radius 2 is 2.00 bits per heavy atom. The highest BCUT2D eigenvalue weighted by atomic mass is 32.1. The molecule has 2 rings (SSSR count). The second-order valence-electron chi connectivity index (χ2n) is 5.18. The Balaban J connectivity index is 2.24. The molecule has 1 aliphatic rings. The maximum Gasteiger partial charge on any atom is 0.178 e. The van der Waals surface area contributed by atoms with Crippen molar-refractivity contribution in [3.8, 4) is 11.8 Å². The number of hydrogen-bond acceptors (Lipinski definition) is 6. The van der Waals surface area contributed by atoms with Crippen molar-refractivity contribution in [1.29, 1.82) is 5.26 Å². The molecule has 0 atom stereocenters. The number of likely N-dealkylation sites (N-methyl/N-ethyl adjacent to an activating group) is 1. The highest BCUT2D eigenvalue weighted by Gasteiger charge is 2.25. The van der Waals surface area contributed by atoms with Crippen molar-refractivity contribution in [3.63, 3.8) is 0 Å². The number of piperazine rings is 1. The molecule has 2 heterocycles. The zero-order chi connectivity index (χ0) is 14.7. The number of anilines is 2. The molecular weight excluding hydrogens is 272 g/mol. The molecule has 1 fully saturated rings. The maximum absolute atomic E-state index is 9.17. The largest absolute Gasteiger partial charge is 0.486 e. The van der Waals surface area contributed by atoms with Gasteiger partial charge in [0.25, 0.3) is 0 Å². The molecule has 1 aromatic rings. The van der Waals surface area contributed by atoms with Crippen molar-refractivity contribution < 1.29 is 4.74 Å². The fourth-order valence-corrected chi connectivity index (χ4v) is 3.33. The Kier molecular flexibility index (Phi) is 4.73. The van der Waals surface area contributed by atoms with E-state index in [1.165, 1.54) is 11.3 Å². The molecule has 1 saturated heterocycles. The fraction of sp³-hybridized carbons (Fsp3) is 0.643. The Labute approximate surface area is 124 Å². The van der Waals surface area contributed by atoms with E-state index in [9.17, 15) is 0 Å². The van der Waals surface area contributed by atoms with E-state index in [1.807, 2.05) is 13.8 Å². The molecule has 6 heteroatoms. The summed E-state index contributed by atoms with van der Waals surface area (Å²) >= 11 is 1.44. The third-order valence-electron chi connectivity index (χ3n) is 3.44. The van der Waals surface area contributed by atoms with Gasteiger partial charge in [-0.05, 0) is 20.4 Å². The lowest BCUT2D eigenvalue weighted by Gasteiger charge is -2.35. The van der Waals surface area contributed by atoms with E-state index < -0.39 is 0 Å². The summed E-state index contributed by atoms with van der Waals surface area (Å²) in [7, 11) is 0. The number of rotatable bonds is 4. The first-order valence-electron chi connectivity index (χ1n) is 7.03. The van der Waals surface area contributed by atoms with Crippen LogP contribution in [0.15, 0.2) is 0 Å². The molecule has 2 N–H and O–H groups in total.